The summed E-state index contributed by atoms with van der Waals surface area (Å²) in [5.41, 5.74) is 0.710. The summed E-state index contributed by atoms with van der Waals surface area (Å²) in [5.74, 6) is -1.23. The third-order valence-electron chi connectivity index (χ3n) is 5.23. The minimum Gasteiger partial charge on any atom is -0.486 e. The van der Waals surface area contributed by atoms with E-state index in [2.05, 4.69) is 10.0 Å². The van der Waals surface area contributed by atoms with Crippen molar-refractivity contribution in [1.29, 1.82) is 0 Å². The summed E-state index contributed by atoms with van der Waals surface area (Å²) in [7, 11) is -3.93. The minimum atomic E-state index is -3.93. The predicted molar refractivity (Wildman–Crippen MR) is 136 cm³/mol. The van der Waals surface area contributed by atoms with Crippen LogP contribution < -0.4 is 19.5 Å². The molecule has 1 aliphatic heterocycles. The number of ether oxygens (including phenoxy) is 4. The van der Waals surface area contributed by atoms with Crippen LogP contribution in [-0.2, 0) is 24.3 Å². The van der Waals surface area contributed by atoms with Gasteiger partial charge in [-0.1, -0.05) is 12.1 Å². The minimum absolute atomic E-state index is 0.0132. The summed E-state index contributed by atoms with van der Waals surface area (Å²) >= 11 is 0. The molecular weight excluding hydrogens is 516 g/mol. The van der Waals surface area contributed by atoms with Gasteiger partial charge in [0.15, 0.2) is 18.1 Å². The summed E-state index contributed by atoms with van der Waals surface area (Å²) in [4.78, 5) is 36.7. The molecule has 0 aromatic heterocycles. The molecule has 4 rings (SSSR count). The van der Waals surface area contributed by atoms with Gasteiger partial charge in [-0.05, 0) is 55.5 Å². The Bertz CT molecular complexity index is 1450. The van der Waals surface area contributed by atoms with Gasteiger partial charge in [-0.2, -0.15) is 0 Å². The van der Waals surface area contributed by atoms with Gasteiger partial charge in [0.25, 0.3) is 15.9 Å². The largest absolute Gasteiger partial charge is 0.486 e. The van der Waals surface area contributed by atoms with Crippen molar-refractivity contribution >= 4 is 39.2 Å². The molecule has 0 atom stereocenters. The van der Waals surface area contributed by atoms with Crippen LogP contribution >= 0.6 is 0 Å². The van der Waals surface area contributed by atoms with E-state index in [-0.39, 0.29) is 34.0 Å². The van der Waals surface area contributed by atoms with Crippen molar-refractivity contribution in [3.05, 3.63) is 77.9 Å². The second kappa shape index (κ2) is 11.6. The second-order valence-electron chi connectivity index (χ2n) is 7.88. The monoisotopic (exact) mass is 540 g/mol. The van der Waals surface area contributed by atoms with Crippen LogP contribution in [0.4, 0.5) is 11.4 Å². The lowest BCUT2D eigenvalue weighted by molar-refractivity contribution is -0.119. The zero-order valence-electron chi connectivity index (χ0n) is 20.3. The quantitative estimate of drug-likeness (QED) is 0.391. The van der Waals surface area contributed by atoms with E-state index in [9.17, 15) is 22.8 Å². The molecule has 38 heavy (non-hydrogen) atoms. The van der Waals surface area contributed by atoms with E-state index in [1.807, 2.05) is 0 Å². The Labute approximate surface area is 218 Å². The summed E-state index contributed by atoms with van der Waals surface area (Å²) in [6.45, 7) is 1.95. The Morgan fingerprint density at radius 1 is 0.868 bits per heavy atom. The van der Waals surface area contributed by atoms with Crippen LogP contribution in [0.3, 0.4) is 0 Å². The average Bonchev–Trinajstić information content (AvgIpc) is 2.92. The Morgan fingerprint density at radius 2 is 1.58 bits per heavy atom. The number of nitrogens with one attached hydrogen (secondary N) is 2. The van der Waals surface area contributed by atoms with E-state index in [0.29, 0.717) is 24.7 Å². The number of para-hydroxylation sites is 1. The molecule has 1 heterocycles. The first kappa shape index (κ1) is 26.5. The third kappa shape index (κ3) is 6.40. The molecule has 0 aliphatic carbocycles. The van der Waals surface area contributed by atoms with E-state index in [4.69, 9.17) is 18.9 Å². The topological polar surface area (TPSA) is 146 Å². The second-order valence-corrected chi connectivity index (χ2v) is 9.56. The van der Waals surface area contributed by atoms with Crippen molar-refractivity contribution in [1.82, 2.24) is 0 Å². The van der Waals surface area contributed by atoms with Gasteiger partial charge in [0.05, 0.1) is 28.3 Å². The molecule has 3 aromatic rings. The maximum Gasteiger partial charge on any atom is 0.340 e. The number of carbonyl (C=O) groups excluding carboxylic acids is 3. The molecule has 198 valence electrons. The molecule has 3 aromatic carbocycles. The summed E-state index contributed by atoms with van der Waals surface area (Å²) < 4.78 is 48.8. The maximum absolute atomic E-state index is 12.8. The highest BCUT2D eigenvalue weighted by molar-refractivity contribution is 7.92. The van der Waals surface area contributed by atoms with E-state index in [0.717, 1.165) is 0 Å². The van der Waals surface area contributed by atoms with Crippen LogP contribution in [0.2, 0.25) is 0 Å². The molecule has 0 fully saturated rings. The van der Waals surface area contributed by atoms with Crippen LogP contribution in [0, 0.1) is 0 Å². The summed E-state index contributed by atoms with van der Waals surface area (Å²) in [5, 5.41) is 2.52. The highest BCUT2D eigenvalue weighted by Crippen LogP contribution is 2.32. The molecule has 1 amide bonds. The average molecular weight is 541 g/mol. The highest BCUT2D eigenvalue weighted by Gasteiger charge is 2.20. The summed E-state index contributed by atoms with van der Waals surface area (Å²) in [6.07, 6.45) is 0. The predicted octanol–water partition coefficient (Wildman–Crippen LogP) is 3.23. The van der Waals surface area contributed by atoms with Crippen molar-refractivity contribution in [2.24, 2.45) is 0 Å². The van der Waals surface area contributed by atoms with E-state index < -0.39 is 34.5 Å². The van der Waals surface area contributed by atoms with Crippen LogP contribution in [0.5, 0.6) is 11.5 Å². The fraction of sp³-hybridized carbons (Fsp3) is 0.192. The number of esters is 2. The zero-order valence-corrected chi connectivity index (χ0v) is 21.1. The first-order valence-electron chi connectivity index (χ1n) is 11.5. The number of amides is 1. The van der Waals surface area contributed by atoms with Gasteiger partial charge < -0.3 is 24.3 Å². The molecule has 2 N–H and O–H groups in total. The van der Waals surface area contributed by atoms with E-state index >= 15 is 0 Å². The number of hydrogen-bond donors (Lipinski definition) is 2. The normalized spacial score (nSPS) is 12.2. The Balaban J connectivity index is 1.33. The first-order chi connectivity index (χ1) is 18.3. The number of benzene rings is 3. The fourth-order valence-corrected chi connectivity index (χ4v) is 4.53. The van der Waals surface area contributed by atoms with Crippen molar-refractivity contribution in [2.45, 2.75) is 11.8 Å². The molecule has 0 unspecified atom stereocenters. The highest BCUT2D eigenvalue weighted by atomic mass is 32.2. The Morgan fingerprint density at radius 3 is 2.32 bits per heavy atom. The van der Waals surface area contributed by atoms with Gasteiger partial charge in [-0.3, -0.25) is 9.52 Å². The maximum atomic E-state index is 12.8. The van der Waals surface area contributed by atoms with E-state index in [1.54, 1.807) is 19.1 Å². The molecule has 11 nitrogen and oxygen atoms in total. The fourth-order valence-electron chi connectivity index (χ4n) is 3.46. The van der Waals surface area contributed by atoms with Crippen LogP contribution in [0.15, 0.2) is 71.6 Å². The molecule has 0 spiro atoms. The lowest BCUT2D eigenvalue weighted by Gasteiger charge is -2.19. The van der Waals surface area contributed by atoms with Crippen LogP contribution in [-0.4, -0.2) is 52.7 Å². The Hall–Kier alpha value is -4.58. The van der Waals surface area contributed by atoms with E-state index in [1.165, 1.54) is 54.6 Å². The van der Waals surface area contributed by atoms with Gasteiger partial charge in [0.1, 0.15) is 13.2 Å². The van der Waals surface area contributed by atoms with Crippen molar-refractivity contribution in [3.8, 4) is 11.5 Å². The van der Waals surface area contributed by atoms with Gasteiger partial charge >= 0.3 is 11.9 Å². The third-order valence-corrected chi connectivity index (χ3v) is 6.61. The number of carbonyl (C=O) groups is 3. The number of fused-ring (bicyclic) bond motifs is 1. The standard InChI is InChI=1S/C26H24N2O9S/c1-2-34-26(31)20-5-3-4-6-21(20)27-24(29)16-37-25(30)17-7-9-18(10-8-17)28-38(32,33)19-11-12-22-23(15-19)36-14-13-35-22/h3-12,15,28H,2,13-14,16H2,1H3,(H,27,29). The Kier molecular flexibility index (Phi) is 8.12. The molecule has 0 saturated heterocycles. The molecule has 0 radical (unpaired) electrons. The molecule has 12 heteroatoms. The van der Waals surface area contributed by atoms with Gasteiger partial charge in [0.2, 0.25) is 0 Å². The van der Waals surface area contributed by atoms with Crippen LogP contribution in [0.25, 0.3) is 0 Å². The first-order valence-corrected chi connectivity index (χ1v) is 13.0. The van der Waals surface area contributed by atoms with Gasteiger partial charge in [0, 0.05) is 11.8 Å². The molecule has 1 aliphatic rings. The number of rotatable bonds is 9. The number of sulfonamides is 1. The molecular formula is C26H24N2O9S. The SMILES string of the molecule is CCOC(=O)c1ccccc1NC(=O)COC(=O)c1ccc(NS(=O)(=O)c2ccc3c(c2)OCCO3)cc1. The lowest BCUT2D eigenvalue weighted by atomic mass is 10.2. The van der Waals surface area contributed by atoms with Crippen molar-refractivity contribution < 1.29 is 41.7 Å². The van der Waals surface area contributed by atoms with Crippen LogP contribution in [0.1, 0.15) is 27.6 Å². The smallest absolute Gasteiger partial charge is 0.340 e. The van der Waals surface area contributed by atoms with Gasteiger partial charge in [-0.15, -0.1) is 0 Å². The number of anilines is 2. The zero-order chi connectivity index (χ0) is 27.1. The van der Waals surface area contributed by atoms with Crippen molar-refractivity contribution in [2.75, 3.05) is 36.5 Å². The molecule has 0 saturated carbocycles. The lowest BCUT2D eigenvalue weighted by Crippen LogP contribution is -2.22. The molecule has 0 bridgehead atoms. The van der Waals surface area contributed by atoms with Crippen molar-refractivity contribution in [3.63, 3.8) is 0 Å². The summed E-state index contributed by atoms with van der Waals surface area (Å²) in [6, 6.07) is 16.1. The van der Waals surface area contributed by atoms with Gasteiger partial charge in [-0.25, -0.2) is 18.0 Å². The number of hydrogen-bond acceptors (Lipinski definition) is 9.